The summed E-state index contributed by atoms with van der Waals surface area (Å²) in [5.41, 5.74) is 3.58. The van der Waals surface area contributed by atoms with Gasteiger partial charge in [-0.1, -0.05) is 31.2 Å². The number of fused-ring (bicyclic) bond motifs is 2. The SMILES string of the molecule is CC1CCCc2ccccc2C1NC(=O)c1ccc2c(c1)NC(=O)CO2. The van der Waals surface area contributed by atoms with Crippen molar-refractivity contribution in [1.29, 1.82) is 0 Å². The smallest absolute Gasteiger partial charge is 0.262 e. The fourth-order valence-corrected chi connectivity index (χ4v) is 3.82. The molecule has 0 spiro atoms. The first-order chi connectivity index (χ1) is 12.6. The van der Waals surface area contributed by atoms with Gasteiger partial charge in [-0.25, -0.2) is 0 Å². The molecule has 1 aliphatic heterocycles. The van der Waals surface area contributed by atoms with Crippen LogP contribution in [0.4, 0.5) is 5.69 Å². The summed E-state index contributed by atoms with van der Waals surface area (Å²) in [5.74, 6) is 0.611. The van der Waals surface area contributed by atoms with Crippen LogP contribution in [0, 0.1) is 5.92 Å². The van der Waals surface area contributed by atoms with E-state index in [1.54, 1.807) is 18.2 Å². The average Bonchev–Trinajstić information content (AvgIpc) is 2.80. The molecule has 2 N–H and O–H groups in total. The standard InChI is InChI=1S/C21H22N2O3/c1-13-5-4-7-14-6-2-3-8-16(14)20(13)23-21(25)15-9-10-18-17(11-15)22-19(24)12-26-18/h2-3,6,8-11,13,20H,4-5,7,12H2,1H3,(H,22,24)(H,23,25). The Labute approximate surface area is 152 Å². The van der Waals surface area contributed by atoms with Crippen LogP contribution in [0.15, 0.2) is 42.5 Å². The summed E-state index contributed by atoms with van der Waals surface area (Å²) in [6.07, 6.45) is 3.26. The van der Waals surface area contributed by atoms with Gasteiger partial charge in [0.1, 0.15) is 5.75 Å². The summed E-state index contributed by atoms with van der Waals surface area (Å²) in [5, 5.41) is 5.96. The van der Waals surface area contributed by atoms with Crippen LogP contribution in [0.5, 0.6) is 5.75 Å². The fourth-order valence-electron chi connectivity index (χ4n) is 3.82. The molecule has 0 saturated carbocycles. The Morgan fingerprint density at radius 2 is 2.08 bits per heavy atom. The van der Waals surface area contributed by atoms with Crippen molar-refractivity contribution >= 4 is 17.5 Å². The zero-order chi connectivity index (χ0) is 18.1. The predicted molar refractivity (Wildman–Crippen MR) is 99.3 cm³/mol. The molecule has 0 radical (unpaired) electrons. The molecule has 134 valence electrons. The molecule has 2 aromatic rings. The number of rotatable bonds is 2. The van der Waals surface area contributed by atoms with Crippen molar-refractivity contribution in [3.05, 3.63) is 59.2 Å². The molecule has 0 aromatic heterocycles. The third-order valence-electron chi connectivity index (χ3n) is 5.23. The van der Waals surface area contributed by atoms with E-state index in [1.807, 2.05) is 6.07 Å². The van der Waals surface area contributed by atoms with E-state index in [0.29, 0.717) is 22.9 Å². The van der Waals surface area contributed by atoms with Crippen LogP contribution in [0.1, 0.15) is 47.3 Å². The molecule has 5 nitrogen and oxygen atoms in total. The van der Waals surface area contributed by atoms with Gasteiger partial charge in [-0.05, 0) is 54.5 Å². The van der Waals surface area contributed by atoms with E-state index in [4.69, 9.17) is 4.74 Å². The van der Waals surface area contributed by atoms with Gasteiger partial charge in [0.2, 0.25) is 0 Å². The molecule has 5 heteroatoms. The van der Waals surface area contributed by atoms with Crippen LogP contribution < -0.4 is 15.4 Å². The number of nitrogens with one attached hydrogen (secondary N) is 2. The summed E-state index contributed by atoms with van der Waals surface area (Å²) in [6.45, 7) is 2.20. The molecule has 4 rings (SSSR count). The fraction of sp³-hybridized carbons (Fsp3) is 0.333. The van der Waals surface area contributed by atoms with Gasteiger partial charge in [0.15, 0.2) is 6.61 Å². The maximum Gasteiger partial charge on any atom is 0.262 e. The molecule has 2 amide bonds. The number of amides is 2. The van der Waals surface area contributed by atoms with Crippen molar-refractivity contribution in [2.24, 2.45) is 5.92 Å². The van der Waals surface area contributed by atoms with Crippen molar-refractivity contribution in [1.82, 2.24) is 5.32 Å². The largest absolute Gasteiger partial charge is 0.482 e. The number of carbonyl (C=O) groups excluding carboxylic acids is 2. The maximum atomic E-state index is 12.9. The maximum absolute atomic E-state index is 12.9. The molecular weight excluding hydrogens is 328 g/mol. The van der Waals surface area contributed by atoms with Crippen molar-refractivity contribution < 1.29 is 14.3 Å². The summed E-state index contributed by atoms with van der Waals surface area (Å²) in [4.78, 5) is 24.4. The minimum Gasteiger partial charge on any atom is -0.482 e. The molecule has 2 atom stereocenters. The number of anilines is 1. The molecule has 0 fully saturated rings. The molecule has 26 heavy (non-hydrogen) atoms. The second kappa shape index (κ2) is 6.83. The number of aryl methyl sites for hydroxylation is 1. The van der Waals surface area contributed by atoms with E-state index in [-0.39, 0.29) is 24.5 Å². The highest BCUT2D eigenvalue weighted by molar-refractivity contribution is 6.00. The summed E-state index contributed by atoms with van der Waals surface area (Å²) in [7, 11) is 0. The van der Waals surface area contributed by atoms with Gasteiger partial charge in [0.25, 0.3) is 11.8 Å². The predicted octanol–water partition coefficient (Wildman–Crippen LogP) is 3.46. The van der Waals surface area contributed by atoms with E-state index < -0.39 is 0 Å². The third-order valence-corrected chi connectivity index (χ3v) is 5.23. The lowest BCUT2D eigenvalue weighted by Crippen LogP contribution is -2.33. The zero-order valence-electron chi connectivity index (χ0n) is 14.7. The number of hydrogen-bond acceptors (Lipinski definition) is 3. The van der Waals surface area contributed by atoms with Crippen LogP contribution in [0.25, 0.3) is 0 Å². The van der Waals surface area contributed by atoms with E-state index >= 15 is 0 Å². The van der Waals surface area contributed by atoms with E-state index in [0.717, 1.165) is 19.3 Å². The van der Waals surface area contributed by atoms with Gasteiger partial charge < -0.3 is 15.4 Å². The Bertz CT molecular complexity index is 862. The number of ether oxygens (including phenoxy) is 1. The summed E-state index contributed by atoms with van der Waals surface area (Å²) in [6, 6.07) is 13.5. The second-order valence-electron chi connectivity index (χ2n) is 7.07. The minimum atomic E-state index is -0.207. The minimum absolute atomic E-state index is 0.00885. The monoisotopic (exact) mass is 350 g/mol. The number of carbonyl (C=O) groups is 2. The lowest BCUT2D eigenvalue weighted by atomic mass is 9.92. The van der Waals surface area contributed by atoms with Crippen molar-refractivity contribution in [2.75, 3.05) is 11.9 Å². The Kier molecular flexibility index (Phi) is 4.37. The Morgan fingerprint density at radius 3 is 2.96 bits per heavy atom. The topological polar surface area (TPSA) is 67.4 Å². The first-order valence-electron chi connectivity index (χ1n) is 9.07. The molecule has 1 aliphatic carbocycles. The molecule has 0 bridgehead atoms. The van der Waals surface area contributed by atoms with Gasteiger partial charge in [-0.2, -0.15) is 0 Å². The van der Waals surface area contributed by atoms with Crippen LogP contribution in [0.3, 0.4) is 0 Å². The van der Waals surface area contributed by atoms with Gasteiger partial charge in [-0.15, -0.1) is 0 Å². The average molecular weight is 350 g/mol. The number of benzene rings is 2. The molecule has 1 heterocycles. The van der Waals surface area contributed by atoms with E-state index in [2.05, 4.69) is 35.8 Å². The molecule has 2 unspecified atom stereocenters. The van der Waals surface area contributed by atoms with Gasteiger partial charge in [0, 0.05) is 5.56 Å². The summed E-state index contributed by atoms with van der Waals surface area (Å²) >= 11 is 0. The van der Waals surface area contributed by atoms with Crippen LogP contribution in [-0.4, -0.2) is 18.4 Å². The highest BCUT2D eigenvalue weighted by Crippen LogP contribution is 2.34. The van der Waals surface area contributed by atoms with Gasteiger partial charge in [0.05, 0.1) is 11.7 Å². The van der Waals surface area contributed by atoms with Crippen LogP contribution in [-0.2, 0) is 11.2 Å². The van der Waals surface area contributed by atoms with Crippen LogP contribution in [0.2, 0.25) is 0 Å². The number of hydrogen-bond donors (Lipinski definition) is 2. The van der Waals surface area contributed by atoms with Gasteiger partial charge >= 0.3 is 0 Å². The Balaban J connectivity index is 1.60. The molecule has 2 aromatic carbocycles. The van der Waals surface area contributed by atoms with Gasteiger partial charge in [-0.3, -0.25) is 9.59 Å². The van der Waals surface area contributed by atoms with E-state index in [1.165, 1.54) is 11.1 Å². The first kappa shape index (κ1) is 16.6. The highest BCUT2D eigenvalue weighted by Gasteiger charge is 2.27. The molecule has 2 aliphatic rings. The summed E-state index contributed by atoms with van der Waals surface area (Å²) < 4.78 is 5.36. The van der Waals surface area contributed by atoms with Crippen molar-refractivity contribution in [2.45, 2.75) is 32.2 Å². The molecule has 0 saturated heterocycles. The van der Waals surface area contributed by atoms with Crippen LogP contribution >= 0.6 is 0 Å². The lowest BCUT2D eigenvalue weighted by Gasteiger charge is -2.25. The second-order valence-corrected chi connectivity index (χ2v) is 7.07. The third kappa shape index (κ3) is 3.17. The van der Waals surface area contributed by atoms with E-state index in [9.17, 15) is 9.59 Å². The first-order valence-corrected chi connectivity index (χ1v) is 9.07. The Hall–Kier alpha value is -2.82. The van der Waals surface area contributed by atoms with Crippen molar-refractivity contribution in [3.8, 4) is 5.75 Å². The molecular formula is C21H22N2O3. The lowest BCUT2D eigenvalue weighted by molar-refractivity contribution is -0.118. The normalized spacial score (nSPS) is 21.5. The quantitative estimate of drug-likeness (QED) is 0.815. The van der Waals surface area contributed by atoms with Crippen molar-refractivity contribution in [3.63, 3.8) is 0 Å². The Morgan fingerprint density at radius 1 is 1.23 bits per heavy atom. The highest BCUT2D eigenvalue weighted by atomic mass is 16.5. The zero-order valence-corrected chi connectivity index (χ0v) is 14.7.